The Bertz CT molecular complexity index is 879. The molecule has 0 saturated heterocycles. The zero-order chi connectivity index (χ0) is 28.2. The molecule has 1 unspecified atom stereocenters. The lowest BCUT2D eigenvalue weighted by Gasteiger charge is -2.30. The number of hydrogen-bond donors (Lipinski definition) is 0. The molecule has 218 valence electrons. The fraction of sp³-hybridized carbons (Fsp3) is 0.629. The van der Waals surface area contributed by atoms with Crippen LogP contribution in [0.15, 0.2) is 54.6 Å². The molecular formula is C35H56NO3+. The molecule has 0 spiro atoms. The number of unbranched alkanes of at least 4 members (excludes halogenated alkanes) is 10. The minimum absolute atomic E-state index is 0.173. The van der Waals surface area contributed by atoms with Crippen molar-refractivity contribution in [1.29, 1.82) is 0 Å². The van der Waals surface area contributed by atoms with Gasteiger partial charge < -0.3 is 14.0 Å². The van der Waals surface area contributed by atoms with Crippen molar-refractivity contribution in [3.05, 3.63) is 65.7 Å². The van der Waals surface area contributed by atoms with E-state index >= 15 is 0 Å². The summed E-state index contributed by atoms with van der Waals surface area (Å²) >= 11 is 0. The van der Waals surface area contributed by atoms with E-state index in [9.17, 15) is 4.79 Å². The predicted molar refractivity (Wildman–Crippen MR) is 164 cm³/mol. The lowest BCUT2D eigenvalue weighted by atomic mass is 10.0. The molecule has 0 aliphatic carbocycles. The van der Waals surface area contributed by atoms with E-state index in [0.29, 0.717) is 12.8 Å². The van der Waals surface area contributed by atoms with Crippen molar-refractivity contribution in [3.8, 4) is 5.75 Å². The van der Waals surface area contributed by atoms with Crippen LogP contribution in [0.25, 0.3) is 0 Å². The van der Waals surface area contributed by atoms with E-state index in [1.807, 2.05) is 19.1 Å². The minimum atomic E-state index is -0.532. The summed E-state index contributed by atoms with van der Waals surface area (Å²) in [4.78, 5) is 12.4. The molecule has 0 aromatic heterocycles. The first-order valence-corrected chi connectivity index (χ1v) is 15.7. The maximum absolute atomic E-state index is 12.4. The van der Waals surface area contributed by atoms with Gasteiger partial charge in [0.25, 0.3) is 0 Å². The van der Waals surface area contributed by atoms with E-state index in [-0.39, 0.29) is 5.97 Å². The molecule has 0 amide bonds. The van der Waals surface area contributed by atoms with Crippen LogP contribution in [-0.4, -0.2) is 37.4 Å². The second kappa shape index (κ2) is 19.7. The summed E-state index contributed by atoms with van der Waals surface area (Å²) in [7, 11) is 4.49. The fourth-order valence-corrected chi connectivity index (χ4v) is 5.07. The molecule has 0 heterocycles. The average Bonchev–Trinajstić information content (AvgIpc) is 2.93. The summed E-state index contributed by atoms with van der Waals surface area (Å²) in [6.07, 6.45) is 17.1. The van der Waals surface area contributed by atoms with Crippen molar-refractivity contribution in [2.75, 3.05) is 20.6 Å². The van der Waals surface area contributed by atoms with Crippen molar-refractivity contribution in [2.45, 2.75) is 123 Å². The SMILES string of the molecule is CCCCCCCCCCCCc1ccc(OC(CC)OC(=O)CCCC[N+](C)(C)Cc2ccccc2)cc1. The predicted octanol–water partition coefficient (Wildman–Crippen LogP) is 9.26. The van der Waals surface area contributed by atoms with Crippen LogP contribution >= 0.6 is 0 Å². The van der Waals surface area contributed by atoms with Crippen LogP contribution in [-0.2, 0) is 22.5 Å². The Morgan fingerprint density at radius 1 is 0.718 bits per heavy atom. The van der Waals surface area contributed by atoms with Crippen LogP contribution in [0.5, 0.6) is 5.75 Å². The van der Waals surface area contributed by atoms with Crippen molar-refractivity contribution in [2.24, 2.45) is 0 Å². The molecule has 2 aromatic carbocycles. The van der Waals surface area contributed by atoms with Crippen molar-refractivity contribution >= 4 is 5.97 Å². The molecule has 0 saturated carbocycles. The van der Waals surface area contributed by atoms with Gasteiger partial charge in [0, 0.05) is 18.4 Å². The minimum Gasteiger partial charge on any atom is -0.455 e. The third kappa shape index (κ3) is 15.8. The Hall–Kier alpha value is -2.33. The number of carbonyl (C=O) groups is 1. The van der Waals surface area contributed by atoms with E-state index in [1.165, 1.54) is 75.3 Å². The number of carbonyl (C=O) groups excluding carboxylic acids is 1. The Balaban J connectivity index is 1.58. The first kappa shape index (κ1) is 32.9. The number of esters is 1. The van der Waals surface area contributed by atoms with E-state index in [2.05, 4.69) is 63.5 Å². The van der Waals surface area contributed by atoms with E-state index in [0.717, 1.165) is 42.6 Å². The highest BCUT2D eigenvalue weighted by atomic mass is 16.7. The van der Waals surface area contributed by atoms with E-state index in [4.69, 9.17) is 9.47 Å². The standard InChI is InChI=1S/C35H56NO3/c1-5-7-8-9-10-11-12-13-14-16-21-31-25-27-33(28-26-31)38-35(6-2)39-34(37)24-19-20-29-36(3,4)30-32-22-17-15-18-23-32/h15,17-18,22-23,25-28,35H,5-14,16,19-21,24,29-30H2,1-4H3/q+1. The zero-order valence-corrected chi connectivity index (χ0v) is 25.5. The van der Waals surface area contributed by atoms with Gasteiger partial charge in [-0.2, -0.15) is 0 Å². The van der Waals surface area contributed by atoms with Crippen LogP contribution in [0.4, 0.5) is 0 Å². The summed E-state index contributed by atoms with van der Waals surface area (Å²) in [6, 6.07) is 18.9. The third-order valence-corrected chi connectivity index (χ3v) is 7.45. The first-order chi connectivity index (χ1) is 18.9. The molecule has 0 fully saturated rings. The lowest BCUT2D eigenvalue weighted by Crippen LogP contribution is -2.39. The smallest absolute Gasteiger partial charge is 0.308 e. The summed E-state index contributed by atoms with van der Waals surface area (Å²) < 4.78 is 12.5. The Morgan fingerprint density at radius 2 is 1.33 bits per heavy atom. The van der Waals surface area contributed by atoms with Gasteiger partial charge in [-0.05, 0) is 43.4 Å². The molecule has 0 aliphatic rings. The lowest BCUT2D eigenvalue weighted by molar-refractivity contribution is -0.903. The van der Waals surface area contributed by atoms with Gasteiger partial charge >= 0.3 is 5.97 Å². The van der Waals surface area contributed by atoms with Gasteiger partial charge in [0.1, 0.15) is 12.3 Å². The monoisotopic (exact) mass is 538 g/mol. The summed E-state index contributed by atoms with van der Waals surface area (Å²) in [5.74, 6) is 0.592. The topological polar surface area (TPSA) is 35.5 Å². The molecule has 2 rings (SSSR count). The zero-order valence-electron chi connectivity index (χ0n) is 25.5. The Labute approximate surface area is 239 Å². The Kier molecular flexibility index (Phi) is 16.6. The second-order valence-corrected chi connectivity index (χ2v) is 11.8. The van der Waals surface area contributed by atoms with Crippen LogP contribution in [0, 0.1) is 0 Å². The molecule has 1 atom stereocenters. The number of aryl methyl sites for hydroxylation is 1. The number of hydrogen-bond acceptors (Lipinski definition) is 3. The van der Waals surface area contributed by atoms with Gasteiger partial charge in [-0.3, -0.25) is 4.79 Å². The molecule has 2 aromatic rings. The molecule has 4 nitrogen and oxygen atoms in total. The van der Waals surface area contributed by atoms with Crippen molar-refractivity contribution in [1.82, 2.24) is 0 Å². The molecule has 0 bridgehead atoms. The number of benzene rings is 2. The highest BCUT2D eigenvalue weighted by Gasteiger charge is 2.17. The Morgan fingerprint density at radius 3 is 1.95 bits per heavy atom. The van der Waals surface area contributed by atoms with Gasteiger partial charge in [-0.1, -0.05) is 114 Å². The maximum Gasteiger partial charge on any atom is 0.308 e. The van der Waals surface area contributed by atoms with Crippen LogP contribution < -0.4 is 4.74 Å². The van der Waals surface area contributed by atoms with Crippen molar-refractivity contribution < 1.29 is 18.8 Å². The second-order valence-electron chi connectivity index (χ2n) is 11.8. The highest BCUT2D eigenvalue weighted by Crippen LogP contribution is 2.19. The molecule has 0 N–H and O–H groups in total. The van der Waals surface area contributed by atoms with Gasteiger partial charge in [0.15, 0.2) is 0 Å². The van der Waals surface area contributed by atoms with Gasteiger partial charge in [0.2, 0.25) is 6.29 Å². The van der Waals surface area contributed by atoms with Gasteiger partial charge in [-0.15, -0.1) is 0 Å². The fourth-order valence-electron chi connectivity index (χ4n) is 5.07. The number of quaternary nitrogens is 1. The molecule has 39 heavy (non-hydrogen) atoms. The van der Waals surface area contributed by atoms with Gasteiger partial charge in [-0.25, -0.2) is 0 Å². The van der Waals surface area contributed by atoms with E-state index in [1.54, 1.807) is 0 Å². The van der Waals surface area contributed by atoms with Crippen LogP contribution in [0.1, 0.15) is 115 Å². The normalized spacial score (nSPS) is 12.3. The summed E-state index contributed by atoms with van der Waals surface area (Å²) in [6.45, 7) is 6.29. The molecular weight excluding hydrogens is 482 g/mol. The van der Waals surface area contributed by atoms with Crippen molar-refractivity contribution in [3.63, 3.8) is 0 Å². The molecule has 4 heteroatoms. The van der Waals surface area contributed by atoms with Crippen LogP contribution in [0.2, 0.25) is 0 Å². The highest BCUT2D eigenvalue weighted by molar-refractivity contribution is 5.69. The molecule has 0 radical (unpaired) electrons. The number of ether oxygens (including phenoxy) is 2. The first-order valence-electron chi connectivity index (χ1n) is 15.7. The average molecular weight is 539 g/mol. The summed E-state index contributed by atoms with van der Waals surface area (Å²) in [5, 5.41) is 0. The van der Waals surface area contributed by atoms with Gasteiger partial charge in [0.05, 0.1) is 20.6 Å². The number of rotatable bonds is 22. The van der Waals surface area contributed by atoms with Crippen LogP contribution in [0.3, 0.4) is 0 Å². The number of nitrogens with zero attached hydrogens (tertiary/aromatic N) is 1. The third-order valence-electron chi connectivity index (χ3n) is 7.45. The quantitative estimate of drug-likeness (QED) is 0.0648. The maximum atomic E-state index is 12.4. The van der Waals surface area contributed by atoms with E-state index < -0.39 is 6.29 Å². The summed E-state index contributed by atoms with van der Waals surface area (Å²) in [5.41, 5.74) is 2.69. The largest absolute Gasteiger partial charge is 0.455 e. The molecule has 0 aliphatic heterocycles.